The van der Waals surface area contributed by atoms with Crippen LogP contribution >= 0.6 is 11.3 Å². The Balaban J connectivity index is 2.10. The van der Waals surface area contributed by atoms with Crippen LogP contribution in [-0.4, -0.2) is 21.0 Å². The molecule has 0 spiro atoms. The van der Waals surface area contributed by atoms with Gasteiger partial charge in [0.05, 0.1) is 4.90 Å². The SMILES string of the molecule is CCNCc1sccc1S(=O)(=O)NC(C)C1CC1. The van der Waals surface area contributed by atoms with E-state index in [-0.39, 0.29) is 6.04 Å². The highest BCUT2D eigenvalue weighted by Crippen LogP contribution is 2.33. The smallest absolute Gasteiger partial charge is 0.241 e. The highest BCUT2D eigenvalue weighted by atomic mass is 32.2. The van der Waals surface area contributed by atoms with Crippen molar-refractivity contribution >= 4 is 21.4 Å². The zero-order chi connectivity index (χ0) is 13.2. The molecule has 1 aliphatic rings. The minimum absolute atomic E-state index is 0.0434. The van der Waals surface area contributed by atoms with Crippen LogP contribution in [0.2, 0.25) is 0 Å². The summed E-state index contributed by atoms with van der Waals surface area (Å²) < 4.78 is 27.4. The normalized spacial score (nSPS) is 17.9. The summed E-state index contributed by atoms with van der Waals surface area (Å²) in [5, 5.41) is 5.01. The van der Waals surface area contributed by atoms with Crippen molar-refractivity contribution in [1.82, 2.24) is 10.0 Å². The molecule has 1 atom stereocenters. The molecular formula is C12H20N2O2S2. The van der Waals surface area contributed by atoms with Gasteiger partial charge >= 0.3 is 0 Å². The van der Waals surface area contributed by atoms with Crippen LogP contribution in [-0.2, 0) is 16.6 Å². The number of nitrogens with one attached hydrogen (secondary N) is 2. The molecule has 0 aromatic carbocycles. The molecule has 102 valence electrons. The number of thiophene rings is 1. The second-order valence-corrected chi connectivity index (χ2v) is 7.42. The highest BCUT2D eigenvalue weighted by molar-refractivity contribution is 7.89. The molecule has 0 amide bonds. The maximum Gasteiger partial charge on any atom is 0.241 e. The summed E-state index contributed by atoms with van der Waals surface area (Å²) in [6, 6.07) is 1.74. The van der Waals surface area contributed by atoms with Gasteiger partial charge in [-0.3, -0.25) is 0 Å². The van der Waals surface area contributed by atoms with Gasteiger partial charge in [0.1, 0.15) is 0 Å². The Kier molecular flexibility index (Phi) is 4.42. The molecular weight excluding hydrogens is 268 g/mol. The Morgan fingerprint density at radius 2 is 2.22 bits per heavy atom. The van der Waals surface area contributed by atoms with Crippen LogP contribution in [0.15, 0.2) is 16.3 Å². The third-order valence-electron chi connectivity index (χ3n) is 3.20. The van der Waals surface area contributed by atoms with E-state index < -0.39 is 10.0 Å². The van der Waals surface area contributed by atoms with Crippen LogP contribution in [0.4, 0.5) is 0 Å². The fourth-order valence-electron chi connectivity index (χ4n) is 1.94. The van der Waals surface area contributed by atoms with Crippen LogP contribution in [0, 0.1) is 5.92 Å². The molecule has 1 unspecified atom stereocenters. The largest absolute Gasteiger partial charge is 0.312 e. The Morgan fingerprint density at radius 3 is 2.83 bits per heavy atom. The van der Waals surface area contributed by atoms with Gasteiger partial charge < -0.3 is 5.32 Å². The van der Waals surface area contributed by atoms with E-state index in [1.165, 1.54) is 11.3 Å². The molecule has 1 aromatic heterocycles. The maximum atomic E-state index is 12.3. The molecule has 0 aliphatic heterocycles. The van der Waals surface area contributed by atoms with Crippen LogP contribution < -0.4 is 10.0 Å². The Morgan fingerprint density at radius 1 is 1.50 bits per heavy atom. The summed E-state index contributed by atoms with van der Waals surface area (Å²) in [6.45, 7) is 5.41. The molecule has 6 heteroatoms. The van der Waals surface area contributed by atoms with Crippen molar-refractivity contribution in [2.45, 2.75) is 44.2 Å². The third-order valence-corrected chi connectivity index (χ3v) is 5.89. The molecule has 1 aromatic rings. The predicted molar refractivity (Wildman–Crippen MR) is 74.2 cm³/mol. The van der Waals surface area contributed by atoms with Gasteiger partial charge in [0.15, 0.2) is 0 Å². The molecule has 0 bridgehead atoms. The van der Waals surface area contributed by atoms with Crippen molar-refractivity contribution in [2.75, 3.05) is 6.54 Å². The lowest BCUT2D eigenvalue weighted by molar-refractivity contribution is 0.537. The second kappa shape index (κ2) is 5.69. The Labute approximate surface area is 113 Å². The quantitative estimate of drug-likeness (QED) is 0.806. The summed E-state index contributed by atoms with van der Waals surface area (Å²) >= 11 is 1.49. The molecule has 0 radical (unpaired) electrons. The molecule has 1 aliphatic carbocycles. The second-order valence-electron chi connectivity index (χ2n) is 4.74. The monoisotopic (exact) mass is 288 g/mol. The van der Waals surface area contributed by atoms with Gasteiger partial charge in [0.25, 0.3) is 0 Å². The van der Waals surface area contributed by atoms with E-state index in [1.54, 1.807) is 6.07 Å². The van der Waals surface area contributed by atoms with Crippen molar-refractivity contribution in [3.05, 3.63) is 16.3 Å². The van der Waals surface area contributed by atoms with Crippen molar-refractivity contribution < 1.29 is 8.42 Å². The lowest BCUT2D eigenvalue weighted by atomic mass is 10.2. The van der Waals surface area contributed by atoms with Crippen LogP contribution in [0.5, 0.6) is 0 Å². The van der Waals surface area contributed by atoms with Crippen molar-refractivity contribution in [3.63, 3.8) is 0 Å². The average molecular weight is 288 g/mol. The molecule has 2 N–H and O–H groups in total. The van der Waals surface area contributed by atoms with Crippen LogP contribution in [0.25, 0.3) is 0 Å². The van der Waals surface area contributed by atoms with Crippen molar-refractivity contribution in [1.29, 1.82) is 0 Å². The number of rotatable bonds is 7. The van der Waals surface area contributed by atoms with Crippen LogP contribution in [0.3, 0.4) is 0 Å². The van der Waals surface area contributed by atoms with Gasteiger partial charge in [0, 0.05) is 17.5 Å². The van der Waals surface area contributed by atoms with E-state index in [2.05, 4.69) is 10.0 Å². The first-order chi connectivity index (χ1) is 8.54. The van der Waals surface area contributed by atoms with Gasteiger partial charge in [-0.2, -0.15) is 0 Å². The number of sulfonamides is 1. The standard InChI is InChI=1S/C12H20N2O2S2/c1-3-13-8-11-12(6-7-17-11)18(15,16)14-9(2)10-4-5-10/h6-7,9-10,13-14H,3-5,8H2,1-2H3. The molecule has 1 saturated carbocycles. The predicted octanol–water partition coefficient (Wildman–Crippen LogP) is 1.93. The van der Waals surface area contributed by atoms with Crippen molar-refractivity contribution in [2.24, 2.45) is 5.92 Å². The lowest BCUT2D eigenvalue weighted by Gasteiger charge is -2.13. The van der Waals surface area contributed by atoms with E-state index in [9.17, 15) is 8.42 Å². The van der Waals surface area contributed by atoms with Gasteiger partial charge in [0.2, 0.25) is 10.0 Å². The summed E-state index contributed by atoms with van der Waals surface area (Å²) in [5.74, 6) is 0.524. The first-order valence-electron chi connectivity index (χ1n) is 6.34. The molecule has 1 heterocycles. The Bertz CT molecular complexity index is 492. The minimum Gasteiger partial charge on any atom is -0.312 e. The molecule has 1 fully saturated rings. The van der Waals surface area contributed by atoms with E-state index >= 15 is 0 Å². The summed E-state index contributed by atoms with van der Waals surface area (Å²) in [5.41, 5.74) is 0. The first kappa shape index (κ1) is 14.0. The maximum absolute atomic E-state index is 12.3. The topological polar surface area (TPSA) is 58.2 Å². The number of hydrogen-bond acceptors (Lipinski definition) is 4. The minimum atomic E-state index is -3.36. The third kappa shape index (κ3) is 3.32. The summed E-state index contributed by atoms with van der Waals surface area (Å²) in [7, 11) is -3.36. The molecule has 18 heavy (non-hydrogen) atoms. The summed E-state index contributed by atoms with van der Waals surface area (Å²) in [4.78, 5) is 1.31. The van der Waals surface area contributed by atoms with Gasteiger partial charge in [-0.15, -0.1) is 11.3 Å². The molecule has 2 rings (SSSR count). The van der Waals surface area contributed by atoms with E-state index in [1.807, 2.05) is 19.2 Å². The van der Waals surface area contributed by atoms with Gasteiger partial charge in [-0.05, 0) is 43.7 Å². The zero-order valence-electron chi connectivity index (χ0n) is 10.8. The van der Waals surface area contributed by atoms with E-state index in [4.69, 9.17) is 0 Å². The first-order valence-corrected chi connectivity index (χ1v) is 8.70. The van der Waals surface area contributed by atoms with Gasteiger partial charge in [-0.25, -0.2) is 13.1 Å². The number of hydrogen-bond donors (Lipinski definition) is 2. The fraction of sp³-hybridized carbons (Fsp3) is 0.667. The Hall–Kier alpha value is -0.430. The molecule has 0 saturated heterocycles. The molecule has 4 nitrogen and oxygen atoms in total. The van der Waals surface area contributed by atoms with Gasteiger partial charge in [-0.1, -0.05) is 6.92 Å². The summed E-state index contributed by atoms with van der Waals surface area (Å²) in [6.07, 6.45) is 2.27. The van der Waals surface area contributed by atoms with E-state index in [0.29, 0.717) is 17.4 Å². The van der Waals surface area contributed by atoms with E-state index in [0.717, 1.165) is 24.3 Å². The highest BCUT2D eigenvalue weighted by Gasteiger charge is 2.32. The van der Waals surface area contributed by atoms with Crippen LogP contribution in [0.1, 0.15) is 31.6 Å². The zero-order valence-corrected chi connectivity index (χ0v) is 12.4. The van der Waals surface area contributed by atoms with Crippen molar-refractivity contribution in [3.8, 4) is 0 Å². The average Bonchev–Trinajstić information content (AvgIpc) is 3.05. The fourth-order valence-corrected chi connectivity index (χ4v) is 4.66. The lowest BCUT2D eigenvalue weighted by Crippen LogP contribution is -2.34.